The Labute approximate surface area is 140 Å². The molecule has 120 valence electrons. The molecule has 2 aromatic carbocycles. The van der Waals surface area contributed by atoms with Crippen LogP contribution in [0.5, 0.6) is 5.75 Å². The van der Waals surface area contributed by atoms with Crippen molar-refractivity contribution in [2.45, 2.75) is 20.5 Å². The zero-order chi connectivity index (χ0) is 16.8. The van der Waals surface area contributed by atoms with Gasteiger partial charge < -0.3 is 9.47 Å². The third-order valence-corrected chi connectivity index (χ3v) is 3.44. The van der Waals surface area contributed by atoms with Crippen LogP contribution in [-0.2, 0) is 11.3 Å². The van der Waals surface area contributed by atoms with E-state index in [4.69, 9.17) is 21.1 Å². The molecule has 0 aliphatic carbocycles. The van der Waals surface area contributed by atoms with Crippen LogP contribution in [0.15, 0.2) is 42.5 Å². The molecule has 0 saturated carbocycles. The van der Waals surface area contributed by atoms with Crippen LogP contribution in [0.2, 0.25) is 5.02 Å². The van der Waals surface area contributed by atoms with Gasteiger partial charge in [-0.15, -0.1) is 0 Å². The molecule has 0 N–H and O–H groups in total. The van der Waals surface area contributed by atoms with Crippen molar-refractivity contribution in [3.05, 3.63) is 64.2 Å². The number of esters is 1. The summed E-state index contributed by atoms with van der Waals surface area (Å²) < 4.78 is 10.7. The van der Waals surface area contributed by atoms with Gasteiger partial charge in [0.05, 0.1) is 12.2 Å². The fraction of sp³-hybridized carbons (Fsp3) is 0.222. The van der Waals surface area contributed by atoms with Gasteiger partial charge in [-0.2, -0.15) is 0 Å². The van der Waals surface area contributed by atoms with Crippen LogP contribution in [0.4, 0.5) is 0 Å². The molecule has 2 aromatic rings. The van der Waals surface area contributed by atoms with E-state index in [0.717, 1.165) is 5.56 Å². The Hall–Kier alpha value is -2.33. The van der Waals surface area contributed by atoms with Gasteiger partial charge in [0.2, 0.25) is 0 Å². The average molecular weight is 333 g/mol. The maximum absolute atomic E-state index is 12.0. The number of carbonyl (C=O) groups excluding carboxylic acids is 2. The van der Waals surface area contributed by atoms with Crippen molar-refractivity contribution in [1.29, 1.82) is 0 Å². The summed E-state index contributed by atoms with van der Waals surface area (Å²) in [6.07, 6.45) is 0. The molecule has 0 heterocycles. The summed E-state index contributed by atoms with van der Waals surface area (Å²) in [7, 11) is 0. The van der Waals surface area contributed by atoms with E-state index in [-0.39, 0.29) is 18.0 Å². The van der Waals surface area contributed by atoms with Crippen molar-refractivity contribution in [3.8, 4) is 5.75 Å². The van der Waals surface area contributed by atoms with Crippen LogP contribution < -0.4 is 4.74 Å². The molecule has 0 aromatic heterocycles. The van der Waals surface area contributed by atoms with Gasteiger partial charge in [0.1, 0.15) is 12.4 Å². The highest BCUT2D eigenvalue weighted by molar-refractivity contribution is 6.30. The summed E-state index contributed by atoms with van der Waals surface area (Å²) in [5, 5.41) is 0.657. The lowest BCUT2D eigenvalue weighted by molar-refractivity contribution is 0.0522. The SMILES string of the molecule is CCOC(=O)c1cc(OCc2ccc(Cl)cc2)ccc1C(C)=O. The van der Waals surface area contributed by atoms with Gasteiger partial charge in [0.15, 0.2) is 5.78 Å². The summed E-state index contributed by atoms with van der Waals surface area (Å²) in [5.41, 5.74) is 1.48. The van der Waals surface area contributed by atoms with E-state index in [0.29, 0.717) is 22.9 Å². The summed E-state index contributed by atoms with van der Waals surface area (Å²) in [5.74, 6) is -0.236. The largest absolute Gasteiger partial charge is 0.489 e. The smallest absolute Gasteiger partial charge is 0.338 e. The number of hydrogen-bond acceptors (Lipinski definition) is 4. The van der Waals surface area contributed by atoms with E-state index in [1.165, 1.54) is 13.0 Å². The molecule has 0 unspecified atom stereocenters. The lowest BCUT2D eigenvalue weighted by Crippen LogP contribution is -2.11. The molecule has 0 amide bonds. The minimum absolute atomic E-state index is 0.197. The minimum atomic E-state index is -0.533. The van der Waals surface area contributed by atoms with Crippen LogP contribution in [0.1, 0.15) is 40.1 Å². The number of hydrogen-bond donors (Lipinski definition) is 0. The molecule has 4 nitrogen and oxygen atoms in total. The second kappa shape index (κ2) is 7.79. The van der Waals surface area contributed by atoms with Crippen LogP contribution in [0.25, 0.3) is 0 Å². The monoisotopic (exact) mass is 332 g/mol. The van der Waals surface area contributed by atoms with Gasteiger partial charge in [-0.3, -0.25) is 4.79 Å². The van der Waals surface area contributed by atoms with Gasteiger partial charge in [0.25, 0.3) is 0 Å². The van der Waals surface area contributed by atoms with E-state index in [1.807, 2.05) is 12.1 Å². The minimum Gasteiger partial charge on any atom is -0.489 e. The van der Waals surface area contributed by atoms with E-state index >= 15 is 0 Å². The molecule has 0 saturated heterocycles. The Bertz CT molecular complexity index is 707. The van der Waals surface area contributed by atoms with Crippen molar-refractivity contribution in [3.63, 3.8) is 0 Å². The highest BCUT2D eigenvalue weighted by Crippen LogP contribution is 2.21. The fourth-order valence-corrected chi connectivity index (χ4v) is 2.17. The normalized spacial score (nSPS) is 10.2. The summed E-state index contributed by atoms with van der Waals surface area (Å²) >= 11 is 5.84. The highest BCUT2D eigenvalue weighted by Gasteiger charge is 2.16. The van der Waals surface area contributed by atoms with Crippen molar-refractivity contribution in [2.24, 2.45) is 0 Å². The topological polar surface area (TPSA) is 52.6 Å². The highest BCUT2D eigenvalue weighted by atomic mass is 35.5. The summed E-state index contributed by atoms with van der Waals surface area (Å²) in [6.45, 7) is 3.70. The van der Waals surface area contributed by atoms with Crippen LogP contribution in [0, 0.1) is 0 Å². The molecular formula is C18H17ClO4. The predicted molar refractivity (Wildman–Crippen MR) is 88.2 cm³/mol. The predicted octanol–water partition coefficient (Wildman–Crippen LogP) is 4.30. The van der Waals surface area contributed by atoms with Gasteiger partial charge in [0, 0.05) is 10.6 Å². The van der Waals surface area contributed by atoms with Crippen molar-refractivity contribution < 1.29 is 19.1 Å². The van der Waals surface area contributed by atoms with Gasteiger partial charge in [-0.05, 0) is 49.7 Å². The number of rotatable bonds is 6. The maximum atomic E-state index is 12.0. The molecule has 2 rings (SSSR count). The zero-order valence-electron chi connectivity index (χ0n) is 13.0. The third-order valence-electron chi connectivity index (χ3n) is 3.18. The Kier molecular flexibility index (Phi) is 5.77. The summed E-state index contributed by atoms with van der Waals surface area (Å²) in [4.78, 5) is 23.6. The lowest BCUT2D eigenvalue weighted by Gasteiger charge is -2.11. The van der Waals surface area contributed by atoms with Gasteiger partial charge >= 0.3 is 5.97 Å². The Morgan fingerprint density at radius 1 is 1.04 bits per heavy atom. The maximum Gasteiger partial charge on any atom is 0.338 e. The molecule has 0 spiro atoms. The molecule has 0 aliphatic rings. The Morgan fingerprint density at radius 2 is 1.74 bits per heavy atom. The van der Waals surface area contributed by atoms with Crippen LogP contribution in [0.3, 0.4) is 0 Å². The first kappa shape index (κ1) is 17.0. The van der Waals surface area contributed by atoms with E-state index in [9.17, 15) is 9.59 Å². The number of halogens is 1. The van der Waals surface area contributed by atoms with Gasteiger partial charge in [-0.1, -0.05) is 23.7 Å². The molecule has 0 aliphatic heterocycles. The molecule has 0 radical (unpaired) electrons. The first-order valence-electron chi connectivity index (χ1n) is 7.20. The molecule has 0 fully saturated rings. The molecule has 0 atom stereocenters. The quantitative estimate of drug-likeness (QED) is 0.584. The molecule has 5 heteroatoms. The van der Waals surface area contributed by atoms with Crippen molar-refractivity contribution in [1.82, 2.24) is 0 Å². The third kappa shape index (κ3) is 4.57. The van der Waals surface area contributed by atoms with E-state index < -0.39 is 5.97 Å². The Balaban J connectivity index is 2.19. The lowest BCUT2D eigenvalue weighted by atomic mass is 10.0. The second-order valence-corrected chi connectivity index (χ2v) is 5.34. The molecule has 0 bridgehead atoms. The average Bonchev–Trinajstić information content (AvgIpc) is 2.54. The Morgan fingerprint density at radius 3 is 2.35 bits per heavy atom. The zero-order valence-corrected chi connectivity index (χ0v) is 13.7. The number of carbonyl (C=O) groups is 2. The second-order valence-electron chi connectivity index (χ2n) is 4.90. The van der Waals surface area contributed by atoms with E-state index in [1.54, 1.807) is 31.2 Å². The summed E-state index contributed by atoms with van der Waals surface area (Å²) in [6, 6.07) is 12.1. The van der Waals surface area contributed by atoms with Crippen LogP contribution in [-0.4, -0.2) is 18.4 Å². The number of ether oxygens (including phenoxy) is 2. The van der Waals surface area contributed by atoms with Crippen LogP contribution >= 0.6 is 11.6 Å². The first-order chi connectivity index (χ1) is 11.0. The number of Topliss-reactive ketones (excluding diaryl/α,β-unsaturated/α-hetero) is 1. The number of ketones is 1. The molecule has 23 heavy (non-hydrogen) atoms. The van der Waals surface area contributed by atoms with E-state index in [2.05, 4.69) is 0 Å². The van der Waals surface area contributed by atoms with Crippen molar-refractivity contribution >= 4 is 23.4 Å². The fourth-order valence-electron chi connectivity index (χ4n) is 2.05. The van der Waals surface area contributed by atoms with Crippen molar-refractivity contribution in [2.75, 3.05) is 6.61 Å². The number of benzene rings is 2. The van der Waals surface area contributed by atoms with Gasteiger partial charge in [-0.25, -0.2) is 4.79 Å². The molecular weight excluding hydrogens is 316 g/mol. The first-order valence-corrected chi connectivity index (χ1v) is 7.58. The standard InChI is InChI=1S/C18H17ClO4/c1-3-22-18(21)17-10-15(8-9-16(17)12(2)20)23-11-13-4-6-14(19)7-5-13/h4-10H,3,11H2,1-2H3.